The number of furan rings is 2. The molecule has 0 atom stereocenters. The van der Waals surface area contributed by atoms with Crippen molar-refractivity contribution in [3.8, 4) is 33.4 Å². The summed E-state index contributed by atoms with van der Waals surface area (Å²) in [7, 11) is 0. The minimum atomic E-state index is 0.762. The number of nitrogens with zero attached hydrogens (tertiary/aromatic N) is 3. The molecule has 302 valence electrons. The summed E-state index contributed by atoms with van der Waals surface area (Å²) in [5, 5.41) is 6.84. The minimum Gasteiger partial charge on any atom is -0.440 e. The van der Waals surface area contributed by atoms with Gasteiger partial charge in [-0.2, -0.15) is 0 Å². The van der Waals surface area contributed by atoms with E-state index in [2.05, 4.69) is 191 Å². The standard InChI is InChI=1S/C59H39N3O2/c1-3-15-46(16-4-1)61(56-38-44-13-7-11-21-54(44)63-56)48-28-23-41(24-29-48)58-50-19-9-10-20-51(50)59(53-37-43(27-32-52(53)58)40-33-35-60-36-34-40)42-25-30-49(31-26-42)62(47-17-5-2-6-18-47)57-39-45-14-8-12-22-55(45)64-57/h1-39H. The molecule has 0 aliphatic carbocycles. The van der Waals surface area contributed by atoms with Crippen molar-refractivity contribution in [1.29, 1.82) is 0 Å². The smallest absolute Gasteiger partial charge is 0.205 e. The molecule has 0 aliphatic rings. The van der Waals surface area contributed by atoms with E-state index in [1.54, 1.807) is 0 Å². The van der Waals surface area contributed by atoms with Gasteiger partial charge in [-0.15, -0.1) is 0 Å². The molecule has 9 aromatic carbocycles. The molecule has 0 bridgehead atoms. The fourth-order valence-electron chi connectivity index (χ4n) is 9.20. The van der Waals surface area contributed by atoms with Gasteiger partial charge in [0, 0.05) is 58.0 Å². The lowest BCUT2D eigenvalue weighted by Crippen LogP contribution is -2.08. The van der Waals surface area contributed by atoms with Crippen LogP contribution in [0.2, 0.25) is 0 Å². The fourth-order valence-corrected chi connectivity index (χ4v) is 9.20. The number of aromatic nitrogens is 1. The van der Waals surface area contributed by atoms with Gasteiger partial charge in [0.2, 0.25) is 11.8 Å². The van der Waals surface area contributed by atoms with Crippen LogP contribution in [0, 0.1) is 0 Å². The maximum Gasteiger partial charge on any atom is 0.205 e. The SMILES string of the molecule is c1ccc(N(c2ccc(-c3c4ccccc4c(-c4ccc(N(c5ccccc5)c5cc6ccccc6o5)cc4)c4cc(-c5ccncc5)ccc34)cc2)c2cc3ccccc3o2)cc1. The van der Waals surface area contributed by atoms with Crippen molar-refractivity contribution in [3.63, 3.8) is 0 Å². The average Bonchev–Trinajstić information content (AvgIpc) is 3.99. The van der Waals surface area contributed by atoms with Gasteiger partial charge in [-0.1, -0.05) is 133 Å². The van der Waals surface area contributed by atoms with Gasteiger partial charge in [-0.05, 0) is 134 Å². The van der Waals surface area contributed by atoms with Crippen LogP contribution < -0.4 is 9.80 Å². The van der Waals surface area contributed by atoms with Crippen molar-refractivity contribution < 1.29 is 8.83 Å². The summed E-state index contributed by atoms with van der Waals surface area (Å²) < 4.78 is 12.9. The number of fused-ring (bicyclic) bond motifs is 4. The van der Waals surface area contributed by atoms with Crippen LogP contribution in [0.1, 0.15) is 0 Å². The Morgan fingerprint density at radius 2 is 0.703 bits per heavy atom. The number of hydrogen-bond donors (Lipinski definition) is 0. The Labute approximate surface area is 370 Å². The van der Waals surface area contributed by atoms with E-state index in [1.165, 1.54) is 32.7 Å². The molecule has 0 saturated carbocycles. The number of benzene rings is 9. The van der Waals surface area contributed by atoms with Gasteiger partial charge in [0.15, 0.2) is 0 Å². The van der Waals surface area contributed by atoms with Gasteiger partial charge < -0.3 is 8.83 Å². The maximum absolute atomic E-state index is 6.47. The van der Waals surface area contributed by atoms with Crippen LogP contribution in [0.15, 0.2) is 246 Å². The third-order valence-corrected chi connectivity index (χ3v) is 12.2. The summed E-state index contributed by atoms with van der Waals surface area (Å²) in [6.07, 6.45) is 3.72. The summed E-state index contributed by atoms with van der Waals surface area (Å²) >= 11 is 0. The first-order chi connectivity index (χ1) is 31.7. The highest BCUT2D eigenvalue weighted by Gasteiger charge is 2.22. The molecule has 3 heterocycles. The van der Waals surface area contributed by atoms with Gasteiger partial charge in [-0.3, -0.25) is 14.8 Å². The monoisotopic (exact) mass is 821 g/mol. The van der Waals surface area contributed by atoms with E-state index >= 15 is 0 Å². The van der Waals surface area contributed by atoms with Crippen molar-refractivity contribution in [2.45, 2.75) is 0 Å². The second-order valence-corrected chi connectivity index (χ2v) is 16.0. The fraction of sp³-hybridized carbons (Fsp3) is 0. The summed E-state index contributed by atoms with van der Waals surface area (Å²) in [6, 6.07) is 79.0. The Balaban J connectivity index is 1.02. The molecule has 5 nitrogen and oxygen atoms in total. The highest BCUT2D eigenvalue weighted by molar-refractivity contribution is 6.22. The van der Waals surface area contributed by atoms with Crippen molar-refractivity contribution in [1.82, 2.24) is 4.98 Å². The quantitative estimate of drug-likeness (QED) is 0.136. The highest BCUT2D eigenvalue weighted by Crippen LogP contribution is 2.47. The molecule has 0 spiro atoms. The number of hydrogen-bond acceptors (Lipinski definition) is 5. The Morgan fingerprint density at radius 3 is 1.20 bits per heavy atom. The number of para-hydroxylation sites is 4. The van der Waals surface area contributed by atoms with Crippen LogP contribution in [0.3, 0.4) is 0 Å². The molecule has 0 fully saturated rings. The van der Waals surface area contributed by atoms with Gasteiger partial charge in [0.25, 0.3) is 0 Å². The lowest BCUT2D eigenvalue weighted by Gasteiger charge is -2.24. The van der Waals surface area contributed by atoms with Gasteiger partial charge in [0.1, 0.15) is 11.2 Å². The second kappa shape index (κ2) is 15.7. The molecule has 0 saturated heterocycles. The maximum atomic E-state index is 6.47. The lowest BCUT2D eigenvalue weighted by atomic mass is 9.85. The highest BCUT2D eigenvalue weighted by atomic mass is 16.4. The minimum absolute atomic E-state index is 0.762. The summed E-state index contributed by atoms with van der Waals surface area (Å²) in [5.74, 6) is 1.53. The molecule has 0 N–H and O–H groups in total. The van der Waals surface area contributed by atoms with E-state index < -0.39 is 0 Å². The molecule has 64 heavy (non-hydrogen) atoms. The van der Waals surface area contributed by atoms with Gasteiger partial charge >= 0.3 is 0 Å². The Hall–Kier alpha value is -8.67. The molecular formula is C59H39N3O2. The number of anilines is 6. The third kappa shape index (κ3) is 6.55. The number of rotatable bonds is 9. The van der Waals surface area contributed by atoms with E-state index in [4.69, 9.17) is 8.83 Å². The zero-order valence-corrected chi connectivity index (χ0v) is 34.7. The van der Waals surface area contributed by atoms with Crippen LogP contribution in [0.4, 0.5) is 34.5 Å². The molecule has 0 unspecified atom stereocenters. The van der Waals surface area contributed by atoms with E-state index in [9.17, 15) is 0 Å². The Kier molecular flexibility index (Phi) is 9.08. The van der Waals surface area contributed by atoms with Crippen LogP contribution in [-0.2, 0) is 0 Å². The molecule has 12 rings (SSSR count). The van der Waals surface area contributed by atoms with Crippen molar-refractivity contribution in [3.05, 3.63) is 237 Å². The molecule has 12 aromatic rings. The summed E-state index contributed by atoms with van der Waals surface area (Å²) in [5.41, 5.74) is 12.6. The predicted molar refractivity (Wildman–Crippen MR) is 264 cm³/mol. The van der Waals surface area contributed by atoms with Crippen molar-refractivity contribution >= 4 is 78.0 Å². The van der Waals surface area contributed by atoms with Crippen LogP contribution in [0.5, 0.6) is 0 Å². The molecule has 3 aromatic heterocycles. The summed E-state index contributed by atoms with van der Waals surface area (Å²) in [6.45, 7) is 0. The molecular weight excluding hydrogens is 783 g/mol. The zero-order chi connectivity index (χ0) is 42.4. The molecule has 0 aliphatic heterocycles. The predicted octanol–water partition coefficient (Wildman–Crippen LogP) is 16.8. The second-order valence-electron chi connectivity index (χ2n) is 16.0. The Bertz CT molecular complexity index is 3530. The molecule has 5 heteroatoms. The van der Waals surface area contributed by atoms with Crippen LogP contribution in [-0.4, -0.2) is 4.98 Å². The summed E-state index contributed by atoms with van der Waals surface area (Å²) in [4.78, 5) is 8.68. The van der Waals surface area contributed by atoms with Crippen molar-refractivity contribution in [2.24, 2.45) is 0 Å². The molecule has 0 amide bonds. The lowest BCUT2D eigenvalue weighted by molar-refractivity contribution is 0.620. The van der Waals surface area contributed by atoms with Gasteiger partial charge in [0.05, 0.1) is 0 Å². The zero-order valence-electron chi connectivity index (χ0n) is 34.7. The van der Waals surface area contributed by atoms with E-state index in [0.29, 0.717) is 0 Å². The van der Waals surface area contributed by atoms with E-state index in [-0.39, 0.29) is 0 Å². The number of pyridine rings is 1. The Morgan fingerprint density at radius 1 is 0.297 bits per heavy atom. The topological polar surface area (TPSA) is 45.7 Å². The normalized spacial score (nSPS) is 11.4. The first kappa shape index (κ1) is 37.1. The average molecular weight is 822 g/mol. The first-order valence-electron chi connectivity index (χ1n) is 21.5. The van der Waals surface area contributed by atoms with Crippen LogP contribution >= 0.6 is 0 Å². The van der Waals surface area contributed by atoms with Crippen molar-refractivity contribution in [2.75, 3.05) is 9.80 Å². The largest absolute Gasteiger partial charge is 0.440 e. The van der Waals surface area contributed by atoms with Gasteiger partial charge in [-0.25, -0.2) is 0 Å². The van der Waals surface area contributed by atoms with Crippen LogP contribution in [0.25, 0.3) is 76.9 Å². The third-order valence-electron chi connectivity index (χ3n) is 12.2. The molecule has 0 radical (unpaired) electrons. The van der Waals surface area contributed by atoms with E-state index in [0.717, 1.165) is 78.7 Å². The van der Waals surface area contributed by atoms with E-state index in [1.807, 2.05) is 60.9 Å². The first-order valence-corrected chi connectivity index (χ1v) is 21.5.